The highest BCUT2D eigenvalue weighted by atomic mass is 79.9. The van der Waals surface area contributed by atoms with E-state index in [4.69, 9.17) is 40.5 Å². The number of carbonyl (C=O) groups excluding carboxylic acids is 2. The van der Waals surface area contributed by atoms with Gasteiger partial charge in [0.05, 0.1) is 5.69 Å². The topological polar surface area (TPSA) is 98.3 Å². The number of hydrogen-bond donors (Lipinski definition) is 1. The molecule has 4 aromatic carbocycles. The summed E-state index contributed by atoms with van der Waals surface area (Å²) in [5.41, 5.74) is -9.86. The first-order chi connectivity index (χ1) is 36.0. The van der Waals surface area contributed by atoms with Crippen molar-refractivity contribution in [1.82, 2.24) is 8.75 Å². The maximum absolute atomic E-state index is 15.0. The molecule has 0 bridgehead atoms. The molecular weight excluding hydrogens is 1410 g/mol. The third-order valence-electron chi connectivity index (χ3n) is 11.3. The van der Waals surface area contributed by atoms with E-state index < -0.39 is 83.4 Å². The number of alkyl halides is 18. The van der Waals surface area contributed by atoms with Crippen molar-refractivity contribution in [1.29, 1.82) is 0 Å². The molecule has 0 aliphatic carbocycles. The molecule has 440 valence electrons. The monoisotopic (exact) mass is 1440 g/mol. The quantitative estimate of drug-likeness (QED) is 0.0408. The SMILES string of the molecule is CCc1cc(C(F)(C(F)(F)F)C(F)(F)C(F)(F)F)cc(C)c1CC(=O)c1ccc(N)c(Br)c1.CCc1cc(C(F)(C(F)(F)F)C(F)(F)C(F)(F)F)cc(C)c1CC(=O)c1ccc(N=c2ssnc2Cl)c(Br)c1.Clc1ns[s+]c1Cl.[Cl-]. The summed E-state index contributed by atoms with van der Waals surface area (Å²) < 4.78 is 253. The van der Waals surface area contributed by atoms with Gasteiger partial charge < -0.3 is 18.1 Å². The van der Waals surface area contributed by atoms with Crippen LogP contribution in [0.2, 0.25) is 14.6 Å². The lowest BCUT2D eigenvalue weighted by Crippen LogP contribution is -3.00. The number of nitrogen functional groups attached to an aromatic ring is 1. The molecule has 6 nitrogen and oxygen atoms in total. The maximum Gasteiger partial charge on any atom is 0.457 e. The van der Waals surface area contributed by atoms with Gasteiger partial charge >= 0.3 is 62.6 Å². The Labute approximate surface area is 494 Å². The van der Waals surface area contributed by atoms with Crippen molar-refractivity contribution in [2.45, 2.75) is 101 Å². The van der Waals surface area contributed by atoms with E-state index in [1.807, 2.05) is 0 Å². The Hall–Kier alpha value is -3.36. The summed E-state index contributed by atoms with van der Waals surface area (Å²) in [6.45, 7) is 4.96. The Morgan fingerprint density at radius 1 is 0.600 bits per heavy atom. The zero-order chi connectivity index (χ0) is 60.4. The first-order valence-electron chi connectivity index (χ1n) is 21.4. The van der Waals surface area contributed by atoms with Crippen LogP contribution in [-0.2, 0) is 37.0 Å². The molecule has 2 aromatic heterocycles. The molecule has 34 heteroatoms. The fourth-order valence-electron chi connectivity index (χ4n) is 7.24. The van der Waals surface area contributed by atoms with Crippen LogP contribution in [0.15, 0.2) is 74.6 Å². The van der Waals surface area contributed by atoms with Gasteiger partial charge in [0.15, 0.2) is 21.4 Å². The number of hydrogen-bond acceptors (Lipinski definition) is 9. The van der Waals surface area contributed by atoms with E-state index in [2.05, 4.69) is 45.6 Å². The number of aryl methyl sites for hydroxylation is 4. The van der Waals surface area contributed by atoms with Gasteiger partial charge in [-0.2, -0.15) is 74.6 Å². The minimum atomic E-state index is -6.83. The van der Waals surface area contributed by atoms with E-state index in [1.165, 1.54) is 81.5 Å². The van der Waals surface area contributed by atoms with Gasteiger partial charge in [-0.15, -0.1) is 4.37 Å². The number of carbonyl (C=O) groups is 2. The Morgan fingerprint density at radius 3 is 1.31 bits per heavy atom. The molecule has 2 heterocycles. The number of Topliss-reactive ketones (excluding diaryl/α,β-unsaturated/α-hetero) is 2. The average molecular weight is 1440 g/mol. The molecule has 6 rings (SSSR count). The Kier molecular flexibility index (Phi) is 23.7. The lowest BCUT2D eigenvalue weighted by molar-refractivity contribution is -0.389. The van der Waals surface area contributed by atoms with Gasteiger partial charge in [0.2, 0.25) is 5.15 Å². The van der Waals surface area contributed by atoms with Crippen LogP contribution in [0.3, 0.4) is 0 Å². The third kappa shape index (κ3) is 14.9. The molecule has 0 saturated heterocycles. The number of nitrogens with two attached hydrogens (primary N) is 1. The van der Waals surface area contributed by atoms with Gasteiger partial charge in [-0.1, -0.05) is 61.3 Å². The summed E-state index contributed by atoms with van der Waals surface area (Å²) in [5, 5.41) is 0.607. The molecule has 0 saturated carbocycles. The van der Waals surface area contributed by atoms with Crippen LogP contribution in [0.25, 0.3) is 0 Å². The van der Waals surface area contributed by atoms with Gasteiger partial charge in [-0.3, -0.25) is 9.59 Å². The molecule has 0 fully saturated rings. The van der Waals surface area contributed by atoms with Crippen LogP contribution in [0, 0.1) is 13.8 Å². The van der Waals surface area contributed by atoms with Crippen molar-refractivity contribution in [3.05, 3.63) is 145 Å². The standard InChI is InChI=1S/C23H15BrClF9N2OS2.C21H17BrF9NO.C2Cl2NS2.ClH/c1-3-11-7-13(20(26,22(29,30)31)21(27,28)23(32,33)34)6-10(2)14(11)9-17(37)12-4-5-16(15(24)8-12)35-19-18(25)36-39-38-19;1-3-11-7-13(18(23,20(26,27)28)19(24,25)21(29,30)31)6-10(2)14(11)9-17(33)12-4-5-16(32)15(22)8-12;3-1-2(4)6-7-5-1;/h4-8H,3,9H2,1-2H3;4-8H,3,9,32H2,1-2H3;;1H/q;;+1;/p-1. The van der Waals surface area contributed by atoms with Crippen molar-refractivity contribution in [3.63, 3.8) is 0 Å². The molecule has 2 unspecified atom stereocenters. The minimum absolute atomic E-state index is 0. The lowest BCUT2D eigenvalue weighted by atomic mass is 9.83. The Balaban J connectivity index is 0.000000373. The van der Waals surface area contributed by atoms with Crippen molar-refractivity contribution in [2.24, 2.45) is 4.99 Å². The first kappa shape index (κ1) is 70.9. The Morgan fingerprint density at radius 2 is 1.01 bits per heavy atom. The van der Waals surface area contributed by atoms with E-state index in [0.29, 0.717) is 46.6 Å². The number of nitrogens with zero attached hydrogens (tertiary/aromatic N) is 3. The normalized spacial score (nSPS) is 14.2. The molecular formula is C46H32Br2Cl4F18N4O2S4. The van der Waals surface area contributed by atoms with E-state index in [0.717, 1.165) is 24.4 Å². The summed E-state index contributed by atoms with van der Waals surface area (Å²) in [7, 11) is 5.00. The number of aromatic nitrogens is 2. The second-order valence-electron chi connectivity index (χ2n) is 16.4. The van der Waals surface area contributed by atoms with Crippen molar-refractivity contribution >= 4 is 131 Å². The largest absolute Gasteiger partial charge is 1.00 e. The Bertz CT molecular complexity index is 3260. The number of rotatable bonds is 13. The van der Waals surface area contributed by atoms with E-state index in [9.17, 15) is 84.2 Å². The summed E-state index contributed by atoms with van der Waals surface area (Å²) in [6, 6.07) is 9.70. The minimum Gasteiger partial charge on any atom is -1.00 e. The van der Waals surface area contributed by atoms with Crippen LogP contribution < -0.4 is 22.8 Å². The van der Waals surface area contributed by atoms with Gasteiger partial charge in [-0.25, -0.2) is 13.8 Å². The predicted octanol–water partition coefficient (Wildman–Crippen LogP) is 16.1. The number of halogens is 24. The molecule has 2 atom stereocenters. The van der Waals surface area contributed by atoms with Gasteiger partial charge in [0, 0.05) is 60.3 Å². The van der Waals surface area contributed by atoms with Crippen molar-refractivity contribution in [2.75, 3.05) is 5.73 Å². The van der Waals surface area contributed by atoms with E-state index in [-0.39, 0.29) is 87.0 Å². The van der Waals surface area contributed by atoms with Gasteiger partial charge in [-0.05, 0) is 150 Å². The highest BCUT2D eigenvalue weighted by Gasteiger charge is 2.83. The molecule has 0 aliphatic rings. The first-order valence-corrected chi connectivity index (χ1v) is 28.3. The third-order valence-corrected chi connectivity index (χ3v) is 17.7. The molecule has 0 aliphatic heterocycles. The number of benzene rings is 4. The van der Waals surface area contributed by atoms with Crippen LogP contribution in [-0.4, -0.2) is 56.9 Å². The molecule has 0 spiro atoms. The average Bonchev–Trinajstić information content (AvgIpc) is 3.93. The van der Waals surface area contributed by atoms with Crippen molar-refractivity contribution in [3.8, 4) is 0 Å². The van der Waals surface area contributed by atoms with Crippen LogP contribution in [0.1, 0.15) is 79.1 Å². The predicted molar refractivity (Wildman–Crippen MR) is 274 cm³/mol. The summed E-state index contributed by atoms with van der Waals surface area (Å²) in [5.74, 6) is -14.6. The maximum atomic E-state index is 15.0. The number of anilines is 1. The molecule has 0 amide bonds. The highest BCUT2D eigenvalue weighted by Crippen LogP contribution is 2.60. The molecule has 2 N–H and O–H groups in total. The van der Waals surface area contributed by atoms with Gasteiger partial charge in [0.1, 0.15) is 0 Å². The fourth-order valence-corrected chi connectivity index (χ4v) is 12.1. The molecule has 80 heavy (non-hydrogen) atoms. The second-order valence-corrected chi connectivity index (χ2v) is 23.1. The smallest absolute Gasteiger partial charge is 0.457 e. The van der Waals surface area contributed by atoms with E-state index >= 15 is 4.39 Å². The zero-order valence-electron chi connectivity index (χ0n) is 40.0. The molecule has 6 aromatic rings. The van der Waals surface area contributed by atoms with Crippen LogP contribution >= 0.6 is 108 Å². The van der Waals surface area contributed by atoms with Gasteiger partial charge in [0.25, 0.3) is 10.5 Å². The number of ketones is 2. The summed E-state index contributed by atoms with van der Waals surface area (Å²) >= 11 is 23.2. The van der Waals surface area contributed by atoms with E-state index in [1.54, 1.807) is 0 Å². The highest BCUT2D eigenvalue weighted by molar-refractivity contribution is 9.11. The lowest BCUT2D eigenvalue weighted by Gasteiger charge is -2.36. The van der Waals surface area contributed by atoms with Crippen molar-refractivity contribution < 1.29 is 101 Å². The summed E-state index contributed by atoms with van der Waals surface area (Å²) in [6.07, 6.45) is -28.0. The summed E-state index contributed by atoms with van der Waals surface area (Å²) in [4.78, 5) is 30.0. The van der Waals surface area contributed by atoms with Crippen LogP contribution in [0.5, 0.6) is 0 Å². The van der Waals surface area contributed by atoms with Crippen LogP contribution in [0.4, 0.5) is 90.4 Å². The fraction of sp³-hybridized carbons (Fsp3) is 0.348. The molecule has 0 radical (unpaired) electrons. The second kappa shape index (κ2) is 26.7. The zero-order valence-corrected chi connectivity index (χ0v) is 49.5.